The monoisotopic (exact) mass is 380 g/mol. The number of halogens is 2. The van der Waals surface area contributed by atoms with Crippen molar-refractivity contribution in [2.45, 2.75) is 18.4 Å². The maximum absolute atomic E-state index is 14.1. The zero-order valence-corrected chi connectivity index (χ0v) is 13.4. The molecule has 0 aliphatic rings. The lowest BCUT2D eigenvalue weighted by molar-refractivity contribution is 0.560. The van der Waals surface area contributed by atoms with E-state index >= 15 is 0 Å². The molecule has 0 atom stereocenters. The van der Waals surface area contributed by atoms with Gasteiger partial charge in [-0.1, -0.05) is 27.3 Å². The first kappa shape index (κ1) is 15.3. The first-order valence-electron chi connectivity index (χ1n) is 5.34. The Kier molecular flexibility index (Phi) is 4.37. The molecule has 0 unspecified atom stereocenters. The summed E-state index contributed by atoms with van der Waals surface area (Å²) in [5.41, 5.74) is 5.50. The van der Waals surface area contributed by atoms with E-state index in [2.05, 4.69) is 30.8 Å². The van der Waals surface area contributed by atoms with E-state index in [0.717, 1.165) is 11.3 Å². The van der Waals surface area contributed by atoms with Crippen LogP contribution in [0.2, 0.25) is 0 Å². The molecule has 0 saturated carbocycles. The van der Waals surface area contributed by atoms with E-state index < -0.39 is 20.7 Å². The molecule has 1 heterocycles. The van der Waals surface area contributed by atoms with Gasteiger partial charge in [0.25, 0.3) is 10.0 Å². The van der Waals surface area contributed by atoms with Crippen LogP contribution in [0.5, 0.6) is 0 Å². The number of sulfonamides is 1. The molecule has 20 heavy (non-hydrogen) atoms. The van der Waals surface area contributed by atoms with Gasteiger partial charge in [0.1, 0.15) is 15.7 Å². The lowest BCUT2D eigenvalue weighted by Gasteiger charge is -2.09. The normalized spacial score (nSPS) is 11.6. The predicted molar refractivity (Wildman–Crippen MR) is 77.4 cm³/mol. The maximum atomic E-state index is 14.1. The largest absolute Gasteiger partial charge is 0.326 e. The Morgan fingerprint density at radius 3 is 2.70 bits per heavy atom. The lowest BCUT2D eigenvalue weighted by Crippen LogP contribution is -2.16. The summed E-state index contributed by atoms with van der Waals surface area (Å²) in [6.45, 7) is 1.58. The van der Waals surface area contributed by atoms with Crippen molar-refractivity contribution in [2.75, 3.05) is 4.72 Å². The SMILES string of the molecule is Cc1nnc(NS(=O)(=O)c2cc(Br)cc(CN)c2F)s1. The van der Waals surface area contributed by atoms with Gasteiger partial charge in [-0.05, 0) is 19.1 Å². The summed E-state index contributed by atoms with van der Waals surface area (Å²) in [7, 11) is -4.09. The van der Waals surface area contributed by atoms with Crippen LogP contribution >= 0.6 is 27.3 Å². The Balaban J connectivity index is 2.46. The summed E-state index contributed by atoms with van der Waals surface area (Å²) in [4.78, 5) is -0.486. The summed E-state index contributed by atoms with van der Waals surface area (Å²) in [6.07, 6.45) is 0. The molecule has 2 aromatic rings. The van der Waals surface area contributed by atoms with Crippen molar-refractivity contribution in [1.82, 2.24) is 10.2 Å². The van der Waals surface area contributed by atoms with Crippen molar-refractivity contribution in [3.63, 3.8) is 0 Å². The molecule has 2 rings (SSSR count). The average Bonchev–Trinajstić information content (AvgIpc) is 2.76. The van der Waals surface area contributed by atoms with Crippen molar-refractivity contribution in [3.8, 4) is 0 Å². The molecule has 0 aliphatic carbocycles. The van der Waals surface area contributed by atoms with Crippen molar-refractivity contribution in [1.29, 1.82) is 0 Å². The van der Waals surface area contributed by atoms with Gasteiger partial charge in [-0.25, -0.2) is 12.8 Å². The fourth-order valence-corrected chi connectivity index (χ4v) is 4.10. The van der Waals surface area contributed by atoms with Gasteiger partial charge in [-0.3, -0.25) is 4.72 Å². The Hall–Kier alpha value is -1.10. The van der Waals surface area contributed by atoms with Crippen LogP contribution in [0.15, 0.2) is 21.5 Å². The maximum Gasteiger partial charge on any atom is 0.266 e. The van der Waals surface area contributed by atoms with Crippen molar-refractivity contribution < 1.29 is 12.8 Å². The highest BCUT2D eigenvalue weighted by atomic mass is 79.9. The zero-order valence-electron chi connectivity index (χ0n) is 10.2. The van der Waals surface area contributed by atoms with Gasteiger partial charge in [0.15, 0.2) is 0 Å². The number of hydrogen-bond acceptors (Lipinski definition) is 6. The zero-order chi connectivity index (χ0) is 14.9. The van der Waals surface area contributed by atoms with Gasteiger partial charge in [-0.2, -0.15) is 0 Å². The third kappa shape index (κ3) is 3.14. The molecule has 1 aromatic heterocycles. The Morgan fingerprint density at radius 1 is 1.45 bits per heavy atom. The minimum Gasteiger partial charge on any atom is -0.326 e. The number of rotatable bonds is 4. The van der Waals surface area contributed by atoms with Crippen LogP contribution in [0.25, 0.3) is 0 Å². The van der Waals surface area contributed by atoms with Crippen molar-refractivity contribution in [3.05, 3.63) is 33.0 Å². The second-order valence-electron chi connectivity index (χ2n) is 3.81. The highest BCUT2D eigenvalue weighted by Crippen LogP contribution is 2.26. The standard InChI is InChI=1S/C10H10BrFN4O2S2/c1-5-14-15-10(19-5)16-20(17,18)8-3-7(11)2-6(4-13)9(8)12/h2-3H,4,13H2,1H3,(H,15,16). The fraction of sp³-hybridized carbons (Fsp3) is 0.200. The topological polar surface area (TPSA) is 98.0 Å². The van der Waals surface area contributed by atoms with Gasteiger partial charge in [0.2, 0.25) is 5.13 Å². The van der Waals surface area contributed by atoms with Crippen LogP contribution in [0.3, 0.4) is 0 Å². The lowest BCUT2D eigenvalue weighted by atomic mass is 10.2. The van der Waals surface area contributed by atoms with Gasteiger partial charge in [0, 0.05) is 16.6 Å². The molecule has 108 valence electrons. The number of aryl methyl sites for hydroxylation is 1. The van der Waals surface area contributed by atoms with Gasteiger partial charge in [-0.15, -0.1) is 10.2 Å². The van der Waals surface area contributed by atoms with E-state index in [1.165, 1.54) is 12.1 Å². The highest BCUT2D eigenvalue weighted by molar-refractivity contribution is 9.10. The molecule has 0 amide bonds. The first-order valence-corrected chi connectivity index (χ1v) is 8.43. The van der Waals surface area contributed by atoms with Crippen LogP contribution in [0.1, 0.15) is 10.6 Å². The summed E-state index contributed by atoms with van der Waals surface area (Å²) in [5, 5.41) is 8.00. The highest BCUT2D eigenvalue weighted by Gasteiger charge is 2.23. The molecular weight excluding hydrogens is 371 g/mol. The fourth-order valence-electron chi connectivity index (χ4n) is 1.47. The van der Waals surface area contributed by atoms with Gasteiger partial charge < -0.3 is 5.73 Å². The first-order chi connectivity index (χ1) is 9.33. The van der Waals surface area contributed by atoms with E-state index in [4.69, 9.17) is 5.73 Å². The second-order valence-corrected chi connectivity index (χ2v) is 7.56. The van der Waals surface area contributed by atoms with E-state index in [0.29, 0.717) is 9.48 Å². The third-order valence-electron chi connectivity index (χ3n) is 2.34. The third-order valence-corrected chi connectivity index (χ3v) is 5.02. The van der Waals surface area contributed by atoms with Crippen LogP contribution in [-0.2, 0) is 16.6 Å². The number of nitrogens with zero attached hydrogens (tertiary/aromatic N) is 2. The smallest absolute Gasteiger partial charge is 0.266 e. The second kappa shape index (κ2) is 5.72. The number of anilines is 1. The molecule has 0 spiro atoms. The predicted octanol–water partition coefficient (Wildman–Crippen LogP) is 2.01. The van der Waals surface area contributed by atoms with Crippen LogP contribution < -0.4 is 10.5 Å². The summed E-state index contributed by atoms with van der Waals surface area (Å²) < 4.78 is 41.1. The molecule has 3 N–H and O–H groups in total. The molecule has 0 bridgehead atoms. The van der Waals surface area contributed by atoms with Crippen molar-refractivity contribution in [2.24, 2.45) is 5.73 Å². The molecule has 1 aromatic carbocycles. The molecule has 0 aliphatic heterocycles. The quantitative estimate of drug-likeness (QED) is 0.844. The van der Waals surface area contributed by atoms with Gasteiger partial charge >= 0.3 is 0 Å². The number of nitrogens with two attached hydrogens (primary N) is 1. The Labute approximate surface area is 127 Å². The summed E-state index contributed by atoms with van der Waals surface area (Å²) in [6, 6.07) is 2.61. The number of nitrogens with one attached hydrogen (secondary N) is 1. The van der Waals surface area contributed by atoms with Gasteiger partial charge in [0.05, 0.1) is 0 Å². The number of benzene rings is 1. The molecular formula is C10H10BrFN4O2S2. The molecule has 0 radical (unpaired) electrons. The molecule has 0 fully saturated rings. The number of aromatic nitrogens is 2. The molecule has 6 nitrogen and oxygen atoms in total. The minimum absolute atomic E-state index is 0.0798. The Bertz CT molecular complexity index is 748. The molecule has 10 heteroatoms. The van der Waals surface area contributed by atoms with E-state index in [-0.39, 0.29) is 17.2 Å². The Morgan fingerprint density at radius 2 is 2.15 bits per heavy atom. The summed E-state index contributed by atoms with van der Waals surface area (Å²) in [5.74, 6) is -0.871. The van der Waals surface area contributed by atoms with Crippen LogP contribution in [0.4, 0.5) is 9.52 Å². The average molecular weight is 381 g/mol. The van der Waals surface area contributed by atoms with Crippen LogP contribution in [-0.4, -0.2) is 18.6 Å². The van der Waals surface area contributed by atoms with E-state index in [1.54, 1.807) is 6.92 Å². The summed E-state index contributed by atoms with van der Waals surface area (Å²) >= 11 is 4.19. The van der Waals surface area contributed by atoms with E-state index in [9.17, 15) is 12.8 Å². The van der Waals surface area contributed by atoms with Crippen LogP contribution in [0, 0.1) is 12.7 Å². The number of hydrogen-bond donors (Lipinski definition) is 2. The molecule has 0 saturated heterocycles. The minimum atomic E-state index is -4.09. The van der Waals surface area contributed by atoms with E-state index in [1.807, 2.05) is 0 Å². The van der Waals surface area contributed by atoms with Crippen molar-refractivity contribution >= 4 is 42.4 Å².